The minimum absolute atomic E-state index is 0.200. The van der Waals surface area contributed by atoms with Crippen LogP contribution in [0.3, 0.4) is 0 Å². The molecular weight excluding hydrogens is 309 g/mol. The van der Waals surface area contributed by atoms with E-state index in [1.807, 2.05) is 12.1 Å². The highest BCUT2D eigenvalue weighted by Crippen LogP contribution is 2.29. The van der Waals surface area contributed by atoms with E-state index in [-0.39, 0.29) is 5.88 Å². The second kappa shape index (κ2) is 8.47. The molecule has 1 aromatic rings. The fraction of sp³-hybridized carbons (Fsp3) is 0.533. The maximum absolute atomic E-state index is 6.20. The van der Waals surface area contributed by atoms with Gasteiger partial charge in [-0.05, 0) is 44.1 Å². The number of halogens is 2. The number of alkyl halides is 1. The van der Waals surface area contributed by atoms with Crippen LogP contribution >= 0.6 is 23.2 Å². The van der Waals surface area contributed by atoms with Crippen LogP contribution in [0.1, 0.15) is 19.3 Å². The van der Waals surface area contributed by atoms with Crippen molar-refractivity contribution in [1.82, 2.24) is 4.90 Å². The highest BCUT2D eigenvalue weighted by molar-refractivity contribution is 6.32. The molecule has 4 nitrogen and oxygen atoms in total. The quantitative estimate of drug-likeness (QED) is 0.494. The summed E-state index contributed by atoms with van der Waals surface area (Å²) in [5.41, 5.74) is 6.28. The van der Waals surface area contributed by atoms with Crippen molar-refractivity contribution in [3.8, 4) is 5.75 Å². The average Bonchev–Trinajstić information content (AvgIpc) is 2.50. The molecule has 116 valence electrons. The van der Waals surface area contributed by atoms with Crippen molar-refractivity contribution in [2.45, 2.75) is 19.3 Å². The van der Waals surface area contributed by atoms with Crippen LogP contribution in [0.4, 0.5) is 5.69 Å². The third kappa shape index (κ3) is 5.38. The van der Waals surface area contributed by atoms with Crippen LogP contribution in [-0.4, -0.2) is 42.9 Å². The summed E-state index contributed by atoms with van der Waals surface area (Å²) in [5.74, 6) is 1.25. The molecule has 0 aliphatic carbocycles. The molecule has 1 fully saturated rings. The van der Waals surface area contributed by atoms with Crippen molar-refractivity contribution in [2.75, 3.05) is 32.1 Å². The number of nitrogens with zero attached hydrogens (tertiary/aromatic N) is 2. The van der Waals surface area contributed by atoms with Crippen LogP contribution in [0.5, 0.6) is 5.75 Å². The molecule has 0 unspecified atom stereocenters. The van der Waals surface area contributed by atoms with E-state index >= 15 is 0 Å². The van der Waals surface area contributed by atoms with E-state index in [2.05, 4.69) is 9.89 Å². The van der Waals surface area contributed by atoms with Gasteiger partial charge in [0.25, 0.3) is 0 Å². The topological polar surface area (TPSA) is 50.9 Å². The molecule has 0 radical (unpaired) electrons. The summed E-state index contributed by atoms with van der Waals surface area (Å²) < 4.78 is 5.75. The molecule has 0 aromatic heterocycles. The molecule has 0 atom stereocenters. The predicted molar refractivity (Wildman–Crippen MR) is 89.2 cm³/mol. The molecule has 0 bridgehead atoms. The van der Waals surface area contributed by atoms with Crippen molar-refractivity contribution in [3.05, 3.63) is 23.2 Å². The number of hydrogen-bond acceptors (Lipinski definition) is 3. The maximum Gasteiger partial charge on any atom is 0.138 e. The standard InChI is InChI=1S/C15H21Cl2N3O/c16-11-15(18)19-12-4-5-14(13(17)10-12)21-9-8-20-6-2-1-3-7-20/h4-5,10H,1-3,6-9,11H2,(H2,18,19). The van der Waals surface area contributed by atoms with Gasteiger partial charge in [0.15, 0.2) is 0 Å². The smallest absolute Gasteiger partial charge is 0.138 e. The zero-order chi connectivity index (χ0) is 15.1. The number of benzene rings is 1. The normalized spacial score (nSPS) is 17.0. The van der Waals surface area contributed by atoms with Gasteiger partial charge in [-0.2, -0.15) is 0 Å². The summed E-state index contributed by atoms with van der Waals surface area (Å²) in [6.07, 6.45) is 3.92. The number of amidine groups is 1. The lowest BCUT2D eigenvalue weighted by molar-refractivity contribution is 0.183. The summed E-state index contributed by atoms with van der Waals surface area (Å²) in [6, 6.07) is 5.37. The van der Waals surface area contributed by atoms with Gasteiger partial charge in [-0.3, -0.25) is 4.90 Å². The lowest BCUT2D eigenvalue weighted by Crippen LogP contribution is -2.33. The van der Waals surface area contributed by atoms with E-state index in [1.165, 1.54) is 32.4 Å². The molecule has 21 heavy (non-hydrogen) atoms. The number of piperidine rings is 1. The minimum atomic E-state index is 0.200. The summed E-state index contributed by atoms with van der Waals surface area (Å²) in [4.78, 5) is 6.58. The van der Waals surface area contributed by atoms with Gasteiger partial charge in [-0.15, -0.1) is 11.6 Å². The first kappa shape index (κ1) is 16.4. The first-order valence-electron chi connectivity index (χ1n) is 7.23. The Kier molecular flexibility index (Phi) is 6.61. The van der Waals surface area contributed by atoms with E-state index in [4.69, 9.17) is 33.7 Å². The average molecular weight is 330 g/mol. The van der Waals surface area contributed by atoms with Crippen LogP contribution in [0.25, 0.3) is 0 Å². The maximum atomic E-state index is 6.20. The lowest BCUT2D eigenvalue weighted by Gasteiger charge is -2.26. The van der Waals surface area contributed by atoms with E-state index in [9.17, 15) is 0 Å². The van der Waals surface area contributed by atoms with Crippen molar-refractivity contribution < 1.29 is 4.74 Å². The Labute approximate surface area is 135 Å². The predicted octanol–water partition coefficient (Wildman–Crippen LogP) is 3.43. The monoisotopic (exact) mass is 329 g/mol. The molecule has 0 saturated carbocycles. The van der Waals surface area contributed by atoms with Crippen LogP contribution < -0.4 is 10.5 Å². The molecule has 1 aliphatic rings. The molecule has 1 aromatic carbocycles. The summed E-state index contributed by atoms with van der Waals surface area (Å²) in [6.45, 7) is 3.92. The molecule has 0 spiro atoms. The van der Waals surface area contributed by atoms with Crippen molar-refractivity contribution in [3.63, 3.8) is 0 Å². The Balaban J connectivity index is 1.85. The number of likely N-dealkylation sites (tertiary alicyclic amines) is 1. The number of rotatable bonds is 6. The van der Waals surface area contributed by atoms with Gasteiger partial charge in [0.05, 0.1) is 16.6 Å². The summed E-state index contributed by atoms with van der Waals surface area (Å²) >= 11 is 11.8. The molecule has 1 saturated heterocycles. The second-order valence-corrected chi connectivity index (χ2v) is 5.78. The van der Waals surface area contributed by atoms with E-state index in [0.717, 1.165) is 6.54 Å². The van der Waals surface area contributed by atoms with Gasteiger partial charge in [-0.1, -0.05) is 18.0 Å². The number of ether oxygens (including phenoxy) is 1. The minimum Gasteiger partial charge on any atom is -0.491 e. The zero-order valence-corrected chi connectivity index (χ0v) is 13.5. The third-order valence-electron chi connectivity index (χ3n) is 3.44. The van der Waals surface area contributed by atoms with E-state index in [0.29, 0.717) is 28.9 Å². The van der Waals surface area contributed by atoms with Gasteiger partial charge in [0.1, 0.15) is 18.2 Å². The lowest BCUT2D eigenvalue weighted by atomic mass is 10.1. The largest absolute Gasteiger partial charge is 0.491 e. The van der Waals surface area contributed by atoms with Crippen LogP contribution in [0, 0.1) is 0 Å². The van der Waals surface area contributed by atoms with Gasteiger partial charge in [0.2, 0.25) is 0 Å². The Morgan fingerprint density at radius 1 is 1.29 bits per heavy atom. The molecule has 6 heteroatoms. The van der Waals surface area contributed by atoms with Gasteiger partial charge in [0, 0.05) is 6.54 Å². The SMILES string of the molecule is NC(CCl)=Nc1ccc(OCCN2CCCCC2)c(Cl)c1. The molecular formula is C15H21Cl2N3O. The summed E-state index contributed by atoms with van der Waals surface area (Å²) in [5, 5.41) is 0.539. The highest BCUT2D eigenvalue weighted by Gasteiger charge is 2.10. The Morgan fingerprint density at radius 3 is 2.71 bits per heavy atom. The van der Waals surface area contributed by atoms with E-state index < -0.39 is 0 Å². The van der Waals surface area contributed by atoms with Crippen molar-refractivity contribution in [2.24, 2.45) is 10.7 Å². The molecule has 0 amide bonds. The van der Waals surface area contributed by atoms with Crippen molar-refractivity contribution in [1.29, 1.82) is 0 Å². The first-order valence-corrected chi connectivity index (χ1v) is 8.14. The first-order chi connectivity index (χ1) is 10.2. The Morgan fingerprint density at radius 2 is 2.05 bits per heavy atom. The van der Waals surface area contributed by atoms with Crippen LogP contribution in [0.2, 0.25) is 5.02 Å². The Bertz CT molecular complexity index is 488. The van der Waals surface area contributed by atoms with Gasteiger partial charge in [-0.25, -0.2) is 4.99 Å². The molecule has 2 N–H and O–H groups in total. The van der Waals surface area contributed by atoms with Gasteiger partial charge >= 0.3 is 0 Å². The number of aliphatic imine (C=N–C) groups is 1. The van der Waals surface area contributed by atoms with E-state index in [1.54, 1.807) is 6.07 Å². The van der Waals surface area contributed by atoms with Crippen molar-refractivity contribution >= 4 is 34.7 Å². The molecule has 2 rings (SSSR count). The highest BCUT2D eigenvalue weighted by atomic mass is 35.5. The second-order valence-electron chi connectivity index (χ2n) is 5.10. The summed E-state index contributed by atoms with van der Waals surface area (Å²) in [7, 11) is 0. The van der Waals surface area contributed by atoms with Crippen LogP contribution in [0.15, 0.2) is 23.2 Å². The number of nitrogens with two attached hydrogens (primary N) is 1. The molecule has 1 aliphatic heterocycles. The Hall–Kier alpha value is -0.970. The fourth-order valence-electron chi connectivity index (χ4n) is 2.34. The van der Waals surface area contributed by atoms with Crippen LogP contribution in [-0.2, 0) is 0 Å². The zero-order valence-electron chi connectivity index (χ0n) is 12.0. The molecule has 1 heterocycles. The number of hydrogen-bond donors (Lipinski definition) is 1. The third-order valence-corrected chi connectivity index (χ3v) is 4.01. The van der Waals surface area contributed by atoms with Gasteiger partial charge < -0.3 is 10.5 Å². The fourth-order valence-corrected chi connectivity index (χ4v) is 2.63.